The number of hydrogen-bond donors (Lipinski definition) is 0. The third kappa shape index (κ3) is 68.5. The minimum atomic E-state index is -0.784. The number of unbranched alkanes of at least 4 members (excludes halogenated alkanes) is 32. The molecule has 1 atom stereocenters. The molecule has 0 N–H and O–H groups in total. The molecule has 0 rings (SSSR count). The molecular formula is C77H130O6. The Kier molecular flexibility index (Phi) is 66.7. The highest BCUT2D eigenvalue weighted by Crippen LogP contribution is 2.17. The zero-order valence-corrected chi connectivity index (χ0v) is 54.4. The second-order valence-electron chi connectivity index (χ2n) is 23.0. The van der Waals surface area contributed by atoms with Gasteiger partial charge in [-0.05, 0) is 109 Å². The molecule has 474 valence electrons. The van der Waals surface area contributed by atoms with Gasteiger partial charge in [-0.2, -0.15) is 0 Å². The molecule has 0 aliphatic rings. The summed E-state index contributed by atoms with van der Waals surface area (Å²) in [5, 5.41) is 0. The fourth-order valence-corrected chi connectivity index (χ4v) is 9.79. The van der Waals surface area contributed by atoms with Crippen molar-refractivity contribution >= 4 is 17.9 Å². The summed E-state index contributed by atoms with van der Waals surface area (Å²) in [5.41, 5.74) is 0. The van der Waals surface area contributed by atoms with E-state index in [1.54, 1.807) is 0 Å². The first-order valence-electron chi connectivity index (χ1n) is 35.0. The van der Waals surface area contributed by atoms with Crippen LogP contribution in [0, 0.1) is 0 Å². The maximum absolute atomic E-state index is 12.8. The molecule has 6 nitrogen and oxygen atoms in total. The van der Waals surface area contributed by atoms with E-state index in [2.05, 4.69) is 142 Å². The SMILES string of the molecule is CC/C=C\C/C=C\C/C=C\C/C=C\C/C=C\C/C=C\CCCCCCCCC(=O)OC(COC(=O)CCCCCCC)COC(=O)CCCCCCCCCCCCCCCCCCCCCCCC/C=C\C/C=C\C/C=C\C/C=C\CC. The van der Waals surface area contributed by atoms with E-state index in [0.717, 1.165) is 141 Å². The lowest BCUT2D eigenvalue weighted by Gasteiger charge is -2.18. The lowest BCUT2D eigenvalue weighted by atomic mass is 10.0. The maximum Gasteiger partial charge on any atom is 0.306 e. The van der Waals surface area contributed by atoms with Crippen molar-refractivity contribution < 1.29 is 28.6 Å². The smallest absolute Gasteiger partial charge is 0.306 e. The third-order valence-electron chi connectivity index (χ3n) is 15.0. The molecule has 0 spiro atoms. The van der Waals surface area contributed by atoms with Crippen molar-refractivity contribution in [2.75, 3.05) is 13.2 Å². The monoisotopic (exact) mass is 1150 g/mol. The first-order valence-corrected chi connectivity index (χ1v) is 35.0. The molecule has 83 heavy (non-hydrogen) atoms. The second kappa shape index (κ2) is 70.3. The van der Waals surface area contributed by atoms with Gasteiger partial charge >= 0.3 is 17.9 Å². The van der Waals surface area contributed by atoms with Gasteiger partial charge in [0.05, 0.1) is 0 Å². The van der Waals surface area contributed by atoms with Crippen molar-refractivity contribution in [3.8, 4) is 0 Å². The lowest BCUT2D eigenvalue weighted by molar-refractivity contribution is -0.167. The lowest BCUT2D eigenvalue weighted by Crippen LogP contribution is -2.30. The predicted octanol–water partition coefficient (Wildman–Crippen LogP) is 24.3. The second-order valence-corrected chi connectivity index (χ2v) is 23.0. The Hall–Kier alpha value is -4.19. The van der Waals surface area contributed by atoms with Gasteiger partial charge in [0.15, 0.2) is 6.10 Å². The zero-order chi connectivity index (χ0) is 59.9. The van der Waals surface area contributed by atoms with Crippen LogP contribution in [0.2, 0.25) is 0 Å². The molecule has 0 aliphatic carbocycles. The fraction of sp³-hybridized carbons (Fsp3) is 0.701. The molecule has 1 unspecified atom stereocenters. The summed E-state index contributed by atoms with van der Waals surface area (Å²) in [6.45, 7) is 6.34. The molecule has 0 aliphatic heterocycles. The molecule has 0 heterocycles. The first-order chi connectivity index (χ1) is 41.0. The van der Waals surface area contributed by atoms with Gasteiger partial charge in [0.25, 0.3) is 0 Å². The molecule has 0 bridgehead atoms. The number of allylic oxidation sites excluding steroid dienone is 20. The Balaban J connectivity index is 3.97. The minimum absolute atomic E-state index is 0.0824. The zero-order valence-electron chi connectivity index (χ0n) is 54.4. The van der Waals surface area contributed by atoms with Crippen LogP contribution in [0.1, 0.15) is 329 Å². The molecule has 0 fully saturated rings. The largest absolute Gasteiger partial charge is 0.462 e. The highest BCUT2D eigenvalue weighted by Gasteiger charge is 2.19. The van der Waals surface area contributed by atoms with Crippen molar-refractivity contribution in [1.29, 1.82) is 0 Å². The van der Waals surface area contributed by atoms with Gasteiger partial charge in [0.1, 0.15) is 13.2 Å². The number of hydrogen-bond acceptors (Lipinski definition) is 6. The van der Waals surface area contributed by atoms with Gasteiger partial charge in [-0.25, -0.2) is 0 Å². The van der Waals surface area contributed by atoms with Crippen LogP contribution in [-0.4, -0.2) is 37.2 Å². The van der Waals surface area contributed by atoms with Gasteiger partial charge in [0.2, 0.25) is 0 Å². The van der Waals surface area contributed by atoms with E-state index >= 15 is 0 Å². The maximum atomic E-state index is 12.8. The minimum Gasteiger partial charge on any atom is -0.462 e. The van der Waals surface area contributed by atoms with Crippen LogP contribution in [0.4, 0.5) is 0 Å². The van der Waals surface area contributed by atoms with Gasteiger partial charge in [-0.1, -0.05) is 322 Å². The number of esters is 3. The van der Waals surface area contributed by atoms with Crippen molar-refractivity contribution in [3.05, 3.63) is 122 Å². The standard InChI is InChI=1S/C77H130O6/c1-4-7-10-13-15-17-19-21-23-25-27-29-31-33-34-35-36-37-38-39-40-41-42-44-45-47-49-51-53-55-57-59-61-64-67-70-76(79)82-73-74(72-81-75(78)69-66-63-12-9-6-3)83-77(80)71-68-65-62-60-58-56-54-52-50-48-46-43-32-30-28-26-24-22-20-18-16-14-11-8-5-2/h7-8,10-11,15-18,21-24,27-30,43,46,50,52,74H,4-6,9,12-14,19-20,25-26,31-42,44-45,47-49,51,53-73H2,1-3H3/b10-7-,11-8-,17-15-,18-16-,23-21-,24-22-,29-27-,30-28-,46-43-,52-50-. The fourth-order valence-electron chi connectivity index (χ4n) is 9.79. The number of carbonyl (C=O) groups is 3. The number of carbonyl (C=O) groups excluding carboxylic acids is 3. The Morgan fingerprint density at radius 1 is 0.253 bits per heavy atom. The average molecular weight is 1150 g/mol. The van der Waals surface area contributed by atoms with Gasteiger partial charge in [-0.15, -0.1) is 0 Å². The molecule has 0 aromatic heterocycles. The molecular weight excluding hydrogens is 1020 g/mol. The van der Waals surface area contributed by atoms with Crippen LogP contribution >= 0.6 is 0 Å². The van der Waals surface area contributed by atoms with Crippen LogP contribution in [0.3, 0.4) is 0 Å². The van der Waals surface area contributed by atoms with E-state index in [1.165, 1.54) is 148 Å². The van der Waals surface area contributed by atoms with E-state index < -0.39 is 6.10 Å². The Morgan fingerprint density at radius 3 is 0.735 bits per heavy atom. The third-order valence-corrected chi connectivity index (χ3v) is 15.0. The van der Waals surface area contributed by atoms with Crippen LogP contribution in [0.25, 0.3) is 0 Å². The summed E-state index contributed by atoms with van der Waals surface area (Å²) in [4.78, 5) is 38.0. The summed E-state index contributed by atoms with van der Waals surface area (Å²) in [6, 6.07) is 0. The molecule has 0 aromatic rings. The van der Waals surface area contributed by atoms with Crippen molar-refractivity contribution in [2.45, 2.75) is 335 Å². The van der Waals surface area contributed by atoms with Crippen LogP contribution < -0.4 is 0 Å². The Morgan fingerprint density at radius 2 is 0.470 bits per heavy atom. The molecule has 0 amide bonds. The molecule has 0 saturated carbocycles. The van der Waals surface area contributed by atoms with E-state index in [4.69, 9.17) is 14.2 Å². The highest BCUT2D eigenvalue weighted by atomic mass is 16.6. The molecule has 6 heteroatoms. The van der Waals surface area contributed by atoms with Gasteiger partial charge < -0.3 is 14.2 Å². The number of rotatable bonds is 63. The molecule has 0 saturated heterocycles. The Bertz CT molecular complexity index is 1700. The highest BCUT2D eigenvalue weighted by molar-refractivity contribution is 5.71. The van der Waals surface area contributed by atoms with Crippen molar-refractivity contribution in [1.82, 2.24) is 0 Å². The summed E-state index contributed by atoms with van der Waals surface area (Å²) >= 11 is 0. The predicted molar refractivity (Wildman–Crippen MR) is 362 cm³/mol. The molecule has 0 radical (unpaired) electrons. The van der Waals surface area contributed by atoms with E-state index in [1.807, 2.05) is 0 Å². The van der Waals surface area contributed by atoms with Crippen molar-refractivity contribution in [2.24, 2.45) is 0 Å². The summed E-state index contributed by atoms with van der Waals surface area (Å²) in [7, 11) is 0. The van der Waals surface area contributed by atoms with Crippen LogP contribution in [0.15, 0.2) is 122 Å². The first kappa shape index (κ1) is 78.8. The summed E-state index contributed by atoms with van der Waals surface area (Å²) < 4.78 is 16.8. The van der Waals surface area contributed by atoms with Crippen LogP contribution in [0.5, 0.6) is 0 Å². The summed E-state index contributed by atoms with van der Waals surface area (Å²) in [5.74, 6) is -0.902. The van der Waals surface area contributed by atoms with Crippen LogP contribution in [-0.2, 0) is 28.6 Å². The number of ether oxygens (including phenoxy) is 3. The van der Waals surface area contributed by atoms with Crippen molar-refractivity contribution in [3.63, 3.8) is 0 Å². The quantitative estimate of drug-likeness (QED) is 0.0261. The topological polar surface area (TPSA) is 78.9 Å². The average Bonchev–Trinajstić information content (AvgIpc) is 3.49. The Labute approximate surface area is 513 Å². The van der Waals surface area contributed by atoms with E-state index in [0.29, 0.717) is 19.3 Å². The van der Waals surface area contributed by atoms with Gasteiger partial charge in [-0.3, -0.25) is 14.4 Å². The van der Waals surface area contributed by atoms with E-state index in [-0.39, 0.29) is 31.1 Å². The molecule has 0 aromatic carbocycles. The normalized spacial score (nSPS) is 12.9. The van der Waals surface area contributed by atoms with E-state index in [9.17, 15) is 14.4 Å². The summed E-state index contributed by atoms with van der Waals surface area (Å²) in [6.07, 6.45) is 98.6. The van der Waals surface area contributed by atoms with Gasteiger partial charge in [0, 0.05) is 19.3 Å².